The molecule has 2 rings (SSSR count). The van der Waals surface area contributed by atoms with Crippen molar-refractivity contribution in [2.45, 2.75) is 13.3 Å². The van der Waals surface area contributed by atoms with E-state index in [9.17, 15) is 4.79 Å². The van der Waals surface area contributed by atoms with Crippen LogP contribution in [-0.2, 0) is 0 Å². The number of amides is 2. The standard InChI is InChI=1S/C18H22N2O3/c1-2-11-20(12-13-21)18(22)19-15-7-6-10-17(14-15)23-16-8-4-3-5-9-16/h3-10,14,21H,2,11-13H2,1H3,(H,19,22). The third kappa shape index (κ3) is 5.30. The largest absolute Gasteiger partial charge is 0.457 e. The molecule has 0 aromatic heterocycles. The molecule has 5 heteroatoms. The van der Waals surface area contributed by atoms with E-state index in [0.717, 1.165) is 12.2 Å². The SMILES string of the molecule is CCCN(CCO)C(=O)Nc1cccc(Oc2ccccc2)c1. The monoisotopic (exact) mass is 314 g/mol. The number of anilines is 1. The number of nitrogens with one attached hydrogen (secondary N) is 1. The summed E-state index contributed by atoms with van der Waals surface area (Å²) in [6, 6.07) is 16.5. The van der Waals surface area contributed by atoms with Crippen molar-refractivity contribution in [1.82, 2.24) is 4.90 Å². The first-order chi connectivity index (χ1) is 11.2. The molecule has 0 heterocycles. The number of aliphatic hydroxyl groups excluding tert-OH is 1. The molecule has 0 atom stereocenters. The number of para-hydroxylation sites is 1. The average molecular weight is 314 g/mol. The molecule has 0 unspecified atom stereocenters. The Morgan fingerprint density at radius 2 is 1.83 bits per heavy atom. The second kappa shape index (κ2) is 8.80. The third-order valence-corrected chi connectivity index (χ3v) is 3.21. The van der Waals surface area contributed by atoms with Crippen LogP contribution in [0.3, 0.4) is 0 Å². The molecular weight excluding hydrogens is 292 g/mol. The highest BCUT2D eigenvalue weighted by Gasteiger charge is 2.12. The van der Waals surface area contributed by atoms with Crippen LogP contribution < -0.4 is 10.1 Å². The van der Waals surface area contributed by atoms with Gasteiger partial charge in [-0.1, -0.05) is 31.2 Å². The van der Waals surface area contributed by atoms with Crippen molar-refractivity contribution in [3.8, 4) is 11.5 Å². The highest BCUT2D eigenvalue weighted by atomic mass is 16.5. The second-order valence-electron chi connectivity index (χ2n) is 5.08. The van der Waals surface area contributed by atoms with Gasteiger partial charge in [0, 0.05) is 24.8 Å². The number of ether oxygens (including phenoxy) is 1. The fourth-order valence-corrected chi connectivity index (χ4v) is 2.17. The van der Waals surface area contributed by atoms with Crippen molar-refractivity contribution < 1.29 is 14.6 Å². The van der Waals surface area contributed by atoms with Gasteiger partial charge in [-0.2, -0.15) is 0 Å². The van der Waals surface area contributed by atoms with E-state index in [-0.39, 0.29) is 12.6 Å². The van der Waals surface area contributed by atoms with Gasteiger partial charge < -0.3 is 20.1 Å². The Hall–Kier alpha value is -2.53. The summed E-state index contributed by atoms with van der Waals surface area (Å²) in [6.45, 7) is 2.86. The molecule has 122 valence electrons. The zero-order valence-corrected chi connectivity index (χ0v) is 13.2. The minimum Gasteiger partial charge on any atom is -0.457 e. The van der Waals surface area contributed by atoms with Gasteiger partial charge in [-0.15, -0.1) is 0 Å². The Morgan fingerprint density at radius 3 is 2.52 bits per heavy atom. The summed E-state index contributed by atoms with van der Waals surface area (Å²) in [5.74, 6) is 1.39. The number of aliphatic hydroxyl groups is 1. The maximum atomic E-state index is 12.2. The van der Waals surface area contributed by atoms with Crippen molar-refractivity contribution in [3.05, 3.63) is 54.6 Å². The number of rotatable bonds is 7. The summed E-state index contributed by atoms with van der Waals surface area (Å²) in [7, 11) is 0. The molecular formula is C18H22N2O3. The first-order valence-electron chi connectivity index (χ1n) is 7.72. The second-order valence-corrected chi connectivity index (χ2v) is 5.08. The minimum absolute atomic E-state index is 0.0510. The van der Waals surface area contributed by atoms with Gasteiger partial charge in [-0.25, -0.2) is 4.79 Å². The van der Waals surface area contributed by atoms with E-state index in [1.807, 2.05) is 49.4 Å². The van der Waals surface area contributed by atoms with Crippen LogP contribution in [0.4, 0.5) is 10.5 Å². The van der Waals surface area contributed by atoms with Crippen LogP contribution in [0.25, 0.3) is 0 Å². The normalized spacial score (nSPS) is 10.2. The van der Waals surface area contributed by atoms with E-state index in [1.54, 1.807) is 17.0 Å². The van der Waals surface area contributed by atoms with E-state index in [0.29, 0.717) is 24.5 Å². The van der Waals surface area contributed by atoms with E-state index >= 15 is 0 Å². The molecule has 2 N–H and O–H groups in total. The van der Waals surface area contributed by atoms with Crippen LogP contribution in [0.5, 0.6) is 11.5 Å². The topological polar surface area (TPSA) is 61.8 Å². The maximum absolute atomic E-state index is 12.2. The summed E-state index contributed by atoms with van der Waals surface area (Å²) in [5, 5.41) is 11.9. The lowest BCUT2D eigenvalue weighted by Gasteiger charge is -2.21. The van der Waals surface area contributed by atoms with E-state index in [1.165, 1.54) is 0 Å². The summed E-state index contributed by atoms with van der Waals surface area (Å²) in [5.41, 5.74) is 0.655. The predicted molar refractivity (Wildman–Crippen MR) is 90.9 cm³/mol. The summed E-state index contributed by atoms with van der Waals surface area (Å²) in [6.07, 6.45) is 0.838. The fraction of sp³-hybridized carbons (Fsp3) is 0.278. The quantitative estimate of drug-likeness (QED) is 0.819. The summed E-state index contributed by atoms with van der Waals surface area (Å²) >= 11 is 0. The number of urea groups is 1. The number of hydrogen-bond acceptors (Lipinski definition) is 3. The molecule has 0 saturated carbocycles. The Morgan fingerprint density at radius 1 is 1.09 bits per heavy atom. The molecule has 2 aromatic carbocycles. The van der Waals surface area contributed by atoms with Gasteiger partial charge in [0.05, 0.1) is 6.61 Å². The Labute approximate surface area is 136 Å². The highest BCUT2D eigenvalue weighted by molar-refractivity contribution is 5.89. The van der Waals surface area contributed by atoms with E-state index in [2.05, 4.69) is 5.32 Å². The molecule has 0 radical (unpaired) electrons. The Balaban J connectivity index is 2.03. The Bertz CT molecular complexity index is 611. The minimum atomic E-state index is -0.224. The van der Waals surface area contributed by atoms with E-state index < -0.39 is 0 Å². The maximum Gasteiger partial charge on any atom is 0.321 e. The summed E-state index contributed by atoms with van der Waals surface area (Å²) < 4.78 is 5.75. The van der Waals surface area contributed by atoms with Gasteiger partial charge in [0.25, 0.3) is 0 Å². The molecule has 2 aromatic rings. The fourth-order valence-electron chi connectivity index (χ4n) is 2.17. The van der Waals surface area contributed by atoms with Crippen LogP contribution >= 0.6 is 0 Å². The number of carbonyl (C=O) groups excluding carboxylic acids is 1. The molecule has 0 spiro atoms. The molecule has 5 nitrogen and oxygen atoms in total. The van der Waals surface area contributed by atoms with Crippen LogP contribution in [0, 0.1) is 0 Å². The lowest BCUT2D eigenvalue weighted by atomic mass is 10.3. The number of benzene rings is 2. The van der Waals surface area contributed by atoms with Gasteiger partial charge in [-0.05, 0) is 30.7 Å². The third-order valence-electron chi connectivity index (χ3n) is 3.21. The average Bonchev–Trinajstić information content (AvgIpc) is 2.56. The molecule has 0 aliphatic carbocycles. The zero-order chi connectivity index (χ0) is 16.5. The van der Waals surface area contributed by atoms with Crippen molar-refractivity contribution >= 4 is 11.7 Å². The number of nitrogens with zero attached hydrogens (tertiary/aromatic N) is 1. The van der Waals surface area contributed by atoms with Crippen molar-refractivity contribution in [2.24, 2.45) is 0 Å². The molecule has 0 aliphatic heterocycles. The van der Waals surface area contributed by atoms with Crippen LogP contribution in [0.15, 0.2) is 54.6 Å². The van der Waals surface area contributed by atoms with Gasteiger partial charge in [-0.3, -0.25) is 0 Å². The number of carbonyl (C=O) groups is 1. The van der Waals surface area contributed by atoms with Crippen LogP contribution in [0.1, 0.15) is 13.3 Å². The first kappa shape index (κ1) is 16.8. The molecule has 2 amide bonds. The molecule has 0 saturated heterocycles. The molecule has 0 aliphatic rings. The van der Waals surface area contributed by atoms with Gasteiger partial charge in [0.1, 0.15) is 11.5 Å². The van der Waals surface area contributed by atoms with Crippen LogP contribution in [-0.4, -0.2) is 35.7 Å². The van der Waals surface area contributed by atoms with Crippen molar-refractivity contribution in [1.29, 1.82) is 0 Å². The van der Waals surface area contributed by atoms with Gasteiger partial charge in [0.2, 0.25) is 0 Å². The predicted octanol–water partition coefficient (Wildman–Crippen LogP) is 3.72. The van der Waals surface area contributed by atoms with E-state index in [4.69, 9.17) is 9.84 Å². The lowest BCUT2D eigenvalue weighted by Crippen LogP contribution is -2.37. The first-order valence-corrected chi connectivity index (χ1v) is 7.72. The Kier molecular flexibility index (Phi) is 6.44. The van der Waals surface area contributed by atoms with Crippen molar-refractivity contribution in [2.75, 3.05) is 25.0 Å². The van der Waals surface area contributed by atoms with Crippen molar-refractivity contribution in [3.63, 3.8) is 0 Å². The van der Waals surface area contributed by atoms with Crippen LogP contribution in [0.2, 0.25) is 0 Å². The van der Waals surface area contributed by atoms with Gasteiger partial charge in [0.15, 0.2) is 0 Å². The number of hydrogen-bond donors (Lipinski definition) is 2. The van der Waals surface area contributed by atoms with Gasteiger partial charge >= 0.3 is 6.03 Å². The smallest absolute Gasteiger partial charge is 0.321 e. The lowest BCUT2D eigenvalue weighted by molar-refractivity contribution is 0.188. The zero-order valence-electron chi connectivity index (χ0n) is 13.2. The highest BCUT2D eigenvalue weighted by Crippen LogP contribution is 2.23. The molecule has 23 heavy (non-hydrogen) atoms. The summed E-state index contributed by atoms with van der Waals surface area (Å²) in [4.78, 5) is 13.8. The molecule has 0 fully saturated rings. The molecule has 0 bridgehead atoms.